The average Bonchev–Trinajstić information content (AvgIpc) is 2.27. The quantitative estimate of drug-likeness (QED) is 0.883. The van der Waals surface area contributed by atoms with Gasteiger partial charge in [-0.1, -0.05) is 0 Å². The van der Waals surface area contributed by atoms with Crippen molar-refractivity contribution < 1.29 is 22.3 Å². The van der Waals surface area contributed by atoms with Gasteiger partial charge in [0.15, 0.2) is 0 Å². The summed E-state index contributed by atoms with van der Waals surface area (Å²) in [5.41, 5.74) is 0. The maximum absolute atomic E-state index is 13.5. The zero-order chi connectivity index (χ0) is 13.9. The van der Waals surface area contributed by atoms with Crippen LogP contribution in [0.3, 0.4) is 0 Å². The predicted octanol–water partition coefficient (Wildman–Crippen LogP) is 1.65. The summed E-state index contributed by atoms with van der Waals surface area (Å²) in [5.74, 6) is -0.774. The van der Waals surface area contributed by atoms with Crippen molar-refractivity contribution in [3.63, 3.8) is 0 Å². The van der Waals surface area contributed by atoms with Gasteiger partial charge in [0.25, 0.3) is 0 Å². The van der Waals surface area contributed by atoms with E-state index in [1.165, 1.54) is 7.11 Å². The summed E-state index contributed by atoms with van der Waals surface area (Å²) < 4.78 is 46.3. The third-order valence-corrected chi connectivity index (χ3v) is 3.71. The second-order valence-electron chi connectivity index (χ2n) is 3.62. The van der Waals surface area contributed by atoms with E-state index in [9.17, 15) is 12.8 Å². The van der Waals surface area contributed by atoms with Gasteiger partial charge in [0.2, 0.25) is 10.0 Å². The van der Waals surface area contributed by atoms with Gasteiger partial charge in [-0.15, -0.1) is 0 Å². The lowest BCUT2D eigenvalue weighted by Gasteiger charge is -2.13. The maximum atomic E-state index is 13.5. The van der Waals surface area contributed by atoms with E-state index in [2.05, 4.69) is 15.9 Å². The number of hydrogen-bond acceptors (Lipinski definition) is 4. The highest BCUT2D eigenvalue weighted by Gasteiger charge is 2.18. The molecule has 0 heterocycles. The van der Waals surface area contributed by atoms with E-state index in [0.717, 1.165) is 12.1 Å². The van der Waals surface area contributed by atoms with Crippen LogP contribution in [0.1, 0.15) is 6.92 Å². The molecule has 0 fully saturated rings. The van der Waals surface area contributed by atoms with E-state index >= 15 is 0 Å². The molecule has 0 aliphatic rings. The molecule has 1 rings (SSSR count). The van der Waals surface area contributed by atoms with E-state index in [4.69, 9.17) is 14.6 Å². The highest BCUT2D eigenvalue weighted by molar-refractivity contribution is 9.10. The van der Waals surface area contributed by atoms with Gasteiger partial charge in [-0.25, -0.2) is 17.9 Å². The zero-order valence-corrected chi connectivity index (χ0v) is 12.2. The second-order valence-corrected chi connectivity index (χ2v) is 6.00. The van der Waals surface area contributed by atoms with Crippen molar-refractivity contribution in [1.82, 2.24) is 0 Å². The third-order valence-electron chi connectivity index (χ3n) is 2.17. The predicted molar refractivity (Wildman–Crippen MR) is 67.4 cm³/mol. The summed E-state index contributed by atoms with van der Waals surface area (Å²) in [4.78, 5) is -0.582. The van der Waals surface area contributed by atoms with Gasteiger partial charge in [0.1, 0.15) is 23.1 Å². The summed E-state index contributed by atoms with van der Waals surface area (Å²) in [6.45, 7) is 1.99. The summed E-state index contributed by atoms with van der Waals surface area (Å²) >= 11 is 3.09. The van der Waals surface area contributed by atoms with Gasteiger partial charge in [0, 0.05) is 13.2 Å². The van der Waals surface area contributed by atoms with Gasteiger partial charge >= 0.3 is 0 Å². The van der Waals surface area contributed by atoms with Gasteiger partial charge in [-0.3, -0.25) is 0 Å². The van der Waals surface area contributed by atoms with Crippen molar-refractivity contribution >= 4 is 26.0 Å². The number of primary sulfonamides is 1. The van der Waals surface area contributed by atoms with Crippen molar-refractivity contribution in [2.75, 3.05) is 13.7 Å². The monoisotopic (exact) mass is 341 g/mol. The number of rotatable bonds is 5. The molecule has 2 N–H and O–H groups in total. The number of hydrogen-bond donors (Lipinski definition) is 1. The van der Waals surface area contributed by atoms with Crippen molar-refractivity contribution in [2.24, 2.45) is 5.14 Å². The van der Waals surface area contributed by atoms with Crippen molar-refractivity contribution in [1.29, 1.82) is 0 Å². The highest BCUT2D eigenvalue weighted by atomic mass is 79.9. The summed E-state index contributed by atoms with van der Waals surface area (Å²) in [6, 6.07) is 2.03. The van der Waals surface area contributed by atoms with Crippen molar-refractivity contribution in [3.8, 4) is 5.75 Å². The summed E-state index contributed by atoms with van der Waals surface area (Å²) in [6.07, 6.45) is -0.169. The van der Waals surface area contributed by atoms with E-state index < -0.39 is 20.7 Å². The van der Waals surface area contributed by atoms with Crippen LogP contribution in [0.5, 0.6) is 5.75 Å². The van der Waals surface area contributed by atoms with Crippen molar-refractivity contribution in [2.45, 2.75) is 17.9 Å². The fourth-order valence-electron chi connectivity index (χ4n) is 1.11. The molecule has 18 heavy (non-hydrogen) atoms. The molecule has 5 nitrogen and oxygen atoms in total. The van der Waals surface area contributed by atoms with E-state index in [1.54, 1.807) is 6.92 Å². The molecule has 0 bridgehead atoms. The topological polar surface area (TPSA) is 78.6 Å². The molecule has 102 valence electrons. The first-order valence-electron chi connectivity index (χ1n) is 4.93. The molecule has 0 saturated heterocycles. The molecule has 0 aliphatic carbocycles. The van der Waals surface area contributed by atoms with Crippen LogP contribution in [0.2, 0.25) is 0 Å². The number of methoxy groups -OCH3 is 1. The standard InChI is InChI=1S/C10H13BrFNO4S/c1-6(16-2)5-17-9-4-8(12)10(3-7(9)11)18(13,14)15/h3-4,6H,5H2,1-2H3,(H2,13,14,15). The number of halogens is 2. The van der Waals surface area contributed by atoms with Crippen molar-refractivity contribution in [3.05, 3.63) is 22.4 Å². The molecular formula is C10H13BrFNO4S. The van der Waals surface area contributed by atoms with Crippen LogP contribution in [0, 0.1) is 5.82 Å². The highest BCUT2D eigenvalue weighted by Crippen LogP contribution is 2.30. The molecule has 1 aromatic rings. The third kappa shape index (κ3) is 3.91. The molecule has 1 aromatic carbocycles. The Labute approximate surface area is 113 Å². The summed E-state index contributed by atoms with van der Waals surface area (Å²) in [7, 11) is -2.57. The van der Waals surface area contributed by atoms with Crippen LogP contribution in [0.25, 0.3) is 0 Å². The SMILES string of the molecule is COC(C)COc1cc(F)c(S(N)(=O)=O)cc1Br. The number of nitrogens with two attached hydrogens (primary N) is 1. The summed E-state index contributed by atoms with van der Waals surface area (Å²) in [5, 5.41) is 4.87. The Morgan fingerprint density at radius 1 is 1.50 bits per heavy atom. The molecule has 0 amide bonds. The minimum atomic E-state index is -4.09. The Hall–Kier alpha value is -0.700. The fourth-order valence-corrected chi connectivity index (χ4v) is 2.34. The second kappa shape index (κ2) is 5.96. The number of benzene rings is 1. The maximum Gasteiger partial charge on any atom is 0.241 e. The van der Waals surface area contributed by atoms with Gasteiger partial charge < -0.3 is 9.47 Å². The molecule has 0 saturated carbocycles. The smallest absolute Gasteiger partial charge is 0.241 e. The molecule has 0 aliphatic heterocycles. The Bertz CT molecular complexity index is 535. The van der Waals surface area contributed by atoms with Crippen LogP contribution < -0.4 is 9.88 Å². The molecule has 1 atom stereocenters. The molecule has 0 aromatic heterocycles. The first-order valence-corrected chi connectivity index (χ1v) is 7.27. The Morgan fingerprint density at radius 3 is 2.61 bits per heavy atom. The first kappa shape index (κ1) is 15.4. The van der Waals surface area contributed by atoms with Crippen LogP contribution in [-0.2, 0) is 14.8 Å². The lowest BCUT2D eigenvalue weighted by Crippen LogP contribution is -2.17. The van der Waals surface area contributed by atoms with Gasteiger partial charge in [0.05, 0.1) is 10.6 Å². The molecule has 0 spiro atoms. The molecule has 0 radical (unpaired) electrons. The average molecular weight is 342 g/mol. The molecule has 1 unspecified atom stereocenters. The Morgan fingerprint density at radius 2 is 2.11 bits per heavy atom. The lowest BCUT2D eigenvalue weighted by atomic mass is 10.3. The Kier molecular flexibility index (Phi) is 5.09. The van der Waals surface area contributed by atoms with Crippen LogP contribution >= 0.6 is 15.9 Å². The first-order chi connectivity index (χ1) is 8.25. The van der Waals surface area contributed by atoms with Crippen LogP contribution in [0.15, 0.2) is 21.5 Å². The van der Waals surface area contributed by atoms with E-state index in [1.807, 2.05) is 0 Å². The number of ether oxygens (including phenoxy) is 2. The van der Waals surface area contributed by atoms with Crippen LogP contribution in [0.4, 0.5) is 4.39 Å². The van der Waals surface area contributed by atoms with E-state index in [-0.39, 0.29) is 18.5 Å². The lowest BCUT2D eigenvalue weighted by molar-refractivity contribution is 0.0712. The van der Waals surface area contributed by atoms with E-state index in [0.29, 0.717) is 4.47 Å². The largest absolute Gasteiger partial charge is 0.490 e. The van der Waals surface area contributed by atoms with Gasteiger partial charge in [-0.2, -0.15) is 0 Å². The van der Waals surface area contributed by atoms with Gasteiger partial charge in [-0.05, 0) is 28.9 Å². The molecular weight excluding hydrogens is 329 g/mol. The molecule has 8 heteroatoms. The zero-order valence-electron chi connectivity index (χ0n) is 9.81. The number of sulfonamides is 1. The Balaban J connectivity index is 3.01. The van der Waals surface area contributed by atoms with Crippen LogP contribution in [-0.4, -0.2) is 28.2 Å². The normalized spacial score (nSPS) is 13.4. The minimum Gasteiger partial charge on any atom is -0.490 e. The minimum absolute atomic E-state index is 0.169. The fraction of sp³-hybridized carbons (Fsp3) is 0.400.